The summed E-state index contributed by atoms with van der Waals surface area (Å²) >= 11 is 3.21. The number of hydrogen-bond donors (Lipinski definition) is 2. The maximum absolute atomic E-state index is 10.9. The van der Waals surface area contributed by atoms with Crippen LogP contribution >= 0.6 is 15.9 Å². The summed E-state index contributed by atoms with van der Waals surface area (Å²) in [5.41, 5.74) is 0.485. The minimum Gasteiger partial charge on any atom is -0.481 e. The van der Waals surface area contributed by atoms with Crippen LogP contribution in [0.5, 0.6) is 0 Å². The predicted octanol–water partition coefficient (Wildman–Crippen LogP) is 2.09. The molecular weight excluding hydrogens is 264 g/mol. The van der Waals surface area contributed by atoms with Crippen LogP contribution in [0.3, 0.4) is 0 Å². The summed E-state index contributed by atoms with van der Waals surface area (Å²) in [5.74, 6) is -3.25. The molecule has 0 fully saturated rings. The topological polar surface area (TPSA) is 74.6 Å². The maximum atomic E-state index is 10.9. The number of carbonyl (C=O) groups is 2. The molecule has 0 bridgehead atoms. The normalized spacial score (nSPS) is 12.1. The fraction of sp³-hybridized carbons (Fsp3) is 0.200. The van der Waals surface area contributed by atoms with Crippen LogP contribution in [-0.4, -0.2) is 22.2 Å². The molecule has 4 nitrogen and oxygen atoms in total. The van der Waals surface area contributed by atoms with Crippen molar-refractivity contribution < 1.29 is 19.8 Å². The average molecular weight is 273 g/mol. The van der Waals surface area contributed by atoms with Crippen LogP contribution < -0.4 is 0 Å². The van der Waals surface area contributed by atoms with Crippen molar-refractivity contribution in [2.24, 2.45) is 0 Å². The first-order valence-corrected chi connectivity index (χ1v) is 5.00. The zero-order chi connectivity index (χ0) is 11.4. The molecule has 2 N–H and O–H groups in total. The van der Waals surface area contributed by atoms with Crippen LogP contribution in [0.4, 0.5) is 0 Å². The quantitative estimate of drug-likeness (QED) is 0.880. The monoisotopic (exact) mass is 272 g/mol. The Balaban J connectivity index is 2.98. The van der Waals surface area contributed by atoms with Crippen molar-refractivity contribution in [2.75, 3.05) is 0 Å². The molecule has 0 aliphatic rings. The molecule has 1 aromatic carbocycles. The summed E-state index contributed by atoms with van der Waals surface area (Å²) in [6, 6.07) is 6.65. The van der Waals surface area contributed by atoms with E-state index in [0.717, 1.165) is 4.47 Å². The minimum atomic E-state index is -1.13. The first-order valence-electron chi connectivity index (χ1n) is 4.20. The van der Waals surface area contributed by atoms with Gasteiger partial charge in [0.15, 0.2) is 0 Å². The van der Waals surface area contributed by atoms with Gasteiger partial charge in [0, 0.05) is 4.47 Å². The Morgan fingerprint density at radius 1 is 1.33 bits per heavy atom. The Labute approximate surface area is 94.7 Å². The third kappa shape index (κ3) is 3.36. The maximum Gasteiger partial charge on any atom is 0.311 e. The van der Waals surface area contributed by atoms with Gasteiger partial charge in [-0.25, -0.2) is 0 Å². The lowest BCUT2D eigenvalue weighted by molar-refractivity contribution is -0.145. The van der Waals surface area contributed by atoms with Crippen molar-refractivity contribution in [3.8, 4) is 0 Å². The van der Waals surface area contributed by atoms with Crippen LogP contribution in [0.15, 0.2) is 28.7 Å². The standard InChI is InChI=1S/C10H9BrO4/c11-7-3-1-2-6(4-7)8(10(14)15)5-9(12)13/h1-4,8H,5H2,(H,12,13)(H,14,15). The Hall–Kier alpha value is -1.36. The highest BCUT2D eigenvalue weighted by Crippen LogP contribution is 2.23. The number of halogens is 1. The van der Waals surface area contributed by atoms with Crippen molar-refractivity contribution in [3.63, 3.8) is 0 Å². The minimum absolute atomic E-state index is 0.411. The molecule has 1 rings (SSSR count). The molecule has 0 aliphatic heterocycles. The van der Waals surface area contributed by atoms with Gasteiger partial charge in [-0.05, 0) is 17.7 Å². The Morgan fingerprint density at radius 3 is 2.47 bits per heavy atom. The molecular formula is C10H9BrO4. The lowest BCUT2D eigenvalue weighted by atomic mass is 9.96. The van der Waals surface area contributed by atoms with Gasteiger partial charge in [-0.3, -0.25) is 9.59 Å². The van der Waals surface area contributed by atoms with E-state index >= 15 is 0 Å². The lowest BCUT2D eigenvalue weighted by Crippen LogP contribution is -2.15. The average Bonchev–Trinajstić information content (AvgIpc) is 2.13. The number of carboxylic acid groups (broad SMARTS) is 2. The van der Waals surface area contributed by atoms with Gasteiger partial charge >= 0.3 is 11.9 Å². The van der Waals surface area contributed by atoms with Crippen molar-refractivity contribution in [1.82, 2.24) is 0 Å². The van der Waals surface area contributed by atoms with E-state index in [1.165, 1.54) is 0 Å². The molecule has 0 aliphatic carbocycles. The first-order chi connectivity index (χ1) is 7.00. The fourth-order valence-corrected chi connectivity index (χ4v) is 1.66. The summed E-state index contributed by atoms with van der Waals surface area (Å²) in [6.07, 6.45) is -0.411. The molecule has 0 radical (unpaired) electrons. The number of aliphatic carboxylic acids is 2. The molecule has 0 saturated carbocycles. The van der Waals surface area contributed by atoms with Gasteiger partial charge in [0.05, 0.1) is 12.3 Å². The molecule has 0 aromatic heterocycles. The van der Waals surface area contributed by atoms with Gasteiger partial charge in [-0.15, -0.1) is 0 Å². The van der Waals surface area contributed by atoms with E-state index in [4.69, 9.17) is 10.2 Å². The first kappa shape index (κ1) is 11.7. The van der Waals surface area contributed by atoms with E-state index in [-0.39, 0.29) is 0 Å². The second kappa shape index (κ2) is 4.93. The molecule has 1 unspecified atom stereocenters. The van der Waals surface area contributed by atoms with Crippen LogP contribution in [0, 0.1) is 0 Å². The van der Waals surface area contributed by atoms with Gasteiger partial charge < -0.3 is 10.2 Å². The van der Waals surface area contributed by atoms with Crippen LogP contribution in [0.25, 0.3) is 0 Å². The Kier molecular flexibility index (Phi) is 3.85. The third-order valence-electron chi connectivity index (χ3n) is 1.93. The number of rotatable bonds is 4. The van der Waals surface area contributed by atoms with Gasteiger partial charge in [0.2, 0.25) is 0 Å². The lowest BCUT2D eigenvalue weighted by Gasteiger charge is -2.10. The van der Waals surface area contributed by atoms with E-state index in [9.17, 15) is 9.59 Å². The van der Waals surface area contributed by atoms with Crippen molar-refractivity contribution >= 4 is 27.9 Å². The van der Waals surface area contributed by atoms with E-state index in [1.807, 2.05) is 0 Å². The molecule has 0 saturated heterocycles. The molecule has 0 amide bonds. The second-order valence-corrected chi connectivity index (χ2v) is 3.96. The summed E-state index contributed by atoms with van der Waals surface area (Å²) in [4.78, 5) is 21.4. The highest BCUT2D eigenvalue weighted by Gasteiger charge is 2.22. The molecule has 80 valence electrons. The molecule has 5 heteroatoms. The largest absolute Gasteiger partial charge is 0.481 e. The zero-order valence-electron chi connectivity index (χ0n) is 7.68. The number of hydrogen-bond acceptors (Lipinski definition) is 2. The summed E-state index contributed by atoms with van der Waals surface area (Å²) < 4.78 is 0.733. The molecule has 1 atom stereocenters. The highest BCUT2D eigenvalue weighted by molar-refractivity contribution is 9.10. The van der Waals surface area contributed by atoms with Crippen molar-refractivity contribution in [1.29, 1.82) is 0 Å². The fourth-order valence-electron chi connectivity index (χ4n) is 1.25. The van der Waals surface area contributed by atoms with Gasteiger partial charge in [0.1, 0.15) is 0 Å². The Bertz CT molecular complexity index is 389. The van der Waals surface area contributed by atoms with Crippen LogP contribution in [0.2, 0.25) is 0 Å². The highest BCUT2D eigenvalue weighted by atomic mass is 79.9. The molecule has 1 aromatic rings. The van der Waals surface area contributed by atoms with E-state index in [1.54, 1.807) is 24.3 Å². The van der Waals surface area contributed by atoms with Crippen molar-refractivity contribution in [3.05, 3.63) is 34.3 Å². The predicted molar refractivity (Wildman–Crippen MR) is 56.8 cm³/mol. The number of benzene rings is 1. The van der Waals surface area contributed by atoms with Gasteiger partial charge in [-0.2, -0.15) is 0 Å². The summed E-state index contributed by atoms with van der Waals surface area (Å²) in [5, 5.41) is 17.5. The van der Waals surface area contributed by atoms with Crippen LogP contribution in [0.1, 0.15) is 17.9 Å². The van der Waals surface area contributed by atoms with E-state index in [0.29, 0.717) is 5.56 Å². The molecule has 15 heavy (non-hydrogen) atoms. The summed E-state index contributed by atoms with van der Waals surface area (Å²) in [7, 11) is 0. The second-order valence-electron chi connectivity index (χ2n) is 3.04. The van der Waals surface area contributed by atoms with Crippen LogP contribution in [-0.2, 0) is 9.59 Å². The third-order valence-corrected chi connectivity index (χ3v) is 2.42. The molecule has 0 spiro atoms. The van der Waals surface area contributed by atoms with Gasteiger partial charge in [0.25, 0.3) is 0 Å². The SMILES string of the molecule is O=C(O)CC(C(=O)O)c1cccc(Br)c1. The Morgan fingerprint density at radius 2 is 2.00 bits per heavy atom. The van der Waals surface area contributed by atoms with E-state index < -0.39 is 24.3 Å². The summed E-state index contributed by atoms with van der Waals surface area (Å²) in [6.45, 7) is 0. The molecule has 0 heterocycles. The van der Waals surface area contributed by atoms with Crippen molar-refractivity contribution in [2.45, 2.75) is 12.3 Å². The van der Waals surface area contributed by atoms with E-state index in [2.05, 4.69) is 15.9 Å². The number of carboxylic acids is 2. The smallest absolute Gasteiger partial charge is 0.311 e. The zero-order valence-corrected chi connectivity index (χ0v) is 9.27. The van der Waals surface area contributed by atoms with Gasteiger partial charge in [-0.1, -0.05) is 28.1 Å².